The Kier molecular flexibility index (Phi) is 15.1. The van der Waals surface area contributed by atoms with Gasteiger partial charge in [-0.1, -0.05) is 118 Å². The molecule has 0 amide bonds. The molecule has 0 spiro atoms. The van der Waals surface area contributed by atoms with Gasteiger partial charge in [0.25, 0.3) is 0 Å². The Morgan fingerprint density at radius 1 is 0.429 bits per heavy atom. The first-order valence-corrected chi connectivity index (χ1v) is 30.9. The van der Waals surface area contributed by atoms with Gasteiger partial charge in [0, 0.05) is 52.8 Å². The summed E-state index contributed by atoms with van der Waals surface area (Å²) >= 11 is 10.3. The van der Waals surface area contributed by atoms with E-state index in [4.69, 9.17) is 27.5 Å². The molecule has 330 valence electrons. The first-order chi connectivity index (χ1) is 31.1. The molecule has 8 aromatic heterocycles. The molecule has 0 aliphatic carbocycles. The first kappa shape index (κ1) is 45.1. The van der Waals surface area contributed by atoms with Gasteiger partial charge in [-0.05, 0) is 84.5 Å². The zero-order valence-electron chi connectivity index (χ0n) is 37.4. The third-order valence-electron chi connectivity index (χ3n) is 13.1. The van der Waals surface area contributed by atoms with Crippen molar-refractivity contribution in [1.82, 2.24) is 27.5 Å². The molecule has 6 nitrogen and oxygen atoms in total. The first-order valence-electron chi connectivity index (χ1n) is 23.8. The Bertz CT molecular complexity index is 2560. The molecule has 0 saturated carbocycles. The number of thiophene rings is 4. The Morgan fingerprint density at radius 3 is 1.27 bits per heavy atom. The summed E-state index contributed by atoms with van der Waals surface area (Å²) in [5.41, 5.74) is 8.06. The third-order valence-corrected chi connectivity index (χ3v) is 24.6. The lowest BCUT2D eigenvalue weighted by atomic mass is 10.1. The fourth-order valence-electron chi connectivity index (χ4n) is 9.61. The van der Waals surface area contributed by atoms with Crippen molar-refractivity contribution in [2.45, 2.75) is 155 Å². The van der Waals surface area contributed by atoms with Crippen LogP contribution in [0.3, 0.4) is 0 Å². The van der Waals surface area contributed by atoms with Gasteiger partial charge in [-0.25, -0.2) is 0 Å². The Hall–Kier alpha value is -3.04. The molecule has 1 aliphatic rings. The molecule has 63 heavy (non-hydrogen) atoms. The van der Waals surface area contributed by atoms with Crippen LogP contribution in [0, 0.1) is 0 Å². The lowest BCUT2D eigenvalue weighted by molar-refractivity contribution is 0.670. The average Bonchev–Trinajstić information content (AvgIpc) is 4.17. The minimum Gasteiger partial charge on any atom is -0.252 e. The highest BCUT2D eigenvalue weighted by atomic mass is 32.1. The van der Waals surface area contributed by atoms with Gasteiger partial charge in [-0.2, -0.15) is 17.5 Å². The van der Waals surface area contributed by atoms with Crippen LogP contribution >= 0.6 is 68.8 Å². The summed E-state index contributed by atoms with van der Waals surface area (Å²) < 4.78 is 19.7. The van der Waals surface area contributed by atoms with E-state index < -0.39 is 8.07 Å². The van der Waals surface area contributed by atoms with Crippen LogP contribution in [0.25, 0.3) is 73.8 Å². The van der Waals surface area contributed by atoms with Crippen molar-refractivity contribution in [3.63, 3.8) is 0 Å². The minimum absolute atomic E-state index is 0.942. The van der Waals surface area contributed by atoms with Crippen molar-refractivity contribution in [2.75, 3.05) is 0 Å². The van der Waals surface area contributed by atoms with Crippen LogP contribution in [0.4, 0.5) is 0 Å². The fraction of sp³-hybridized carbons (Fsp3) is 0.480. The van der Waals surface area contributed by atoms with E-state index in [0.29, 0.717) is 0 Å². The number of unbranched alkanes of at least 4 members (excludes halogenated alkanes) is 12. The summed E-state index contributed by atoms with van der Waals surface area (Å²) in [5, 5.41) is 3.28. The van der Waals surface area contributed by atoms with Crippen LogP contribution in [0.15, 0.2) is 48.8 Å². The van der Waals surface area contributed by atoms with E-state index in [1.807, 2.05) is 45.3 Å². The molecular formula is C50H60N6S6Si. The van der Waals surface area contributed by atoms with Crippen LogP contribution in [-0.2, 0) is 12.8 Å². The largest absolute Gasteiger partial charge is 0.252 e. The number of pyridine rings is 2. The van der Waals surface area contributed by atoms with E-state index in [1.54, 1.807) is 10.4 Å². The van der Waals surface area contributed by atoms with E-state index in [1.165, 1.54) is 177 Å². The zero-order chi connectivity index (χ0) is 43.2. The standard InChI is InChI=1S/C50H60N6S6Si/c1-5-9-13-17-21-33-23-25-37(57-33)35-31-51-45(47-43(35)53-61-55-47)39-29-41-49(59-39)50-42(63(41,27-19-15-11-7-3)28-20-16-12-8-4)30-40(60-50)46-48-44(54-62-56-48)36(32-52-46)38-26-24-34(58-38)22-18-14-10-6-2/h23-26,29-32H,5-22,27-28H2,1-4H3. The Labute approximate surface area is 399 Å². The van der Waals surface area contributed by atoms with Gasteiger partial charge in [-0.3, -0.25) is 9.97 Å². The highest BCUT2D eigenvalue weighted by Crippen LogP contribution is 2.49. The number of aryl methyl sites for hydroxylation is 2. The molecule has 0 atom stereocenters. The van der Waals surface area contributed by atoms with Gasteiger partial charge in [0.05, 0.1) is 33.2 Å². The molecular weight excluding hydrogens is 905 g/mol. The molecule has 13 heteroatoms. The number of aromatic nitrogens is 6. The highest BCUT2D eigenvalue weighted by Gasteiger charge is 2.48. The van der Waals surface area contributed by atoms with Crippen LogP contribution in [0.5, 0.6) is 0 Å². The molecule has 0 fully saturated rings. The van der Waals surface area contributed by atoms with Crippen molar-refractivity contribution in [2.24, 2.45) is 0 Å². The molecule has 0 bridgehead atoms. The highest BCUT2D eigenvalue weighted by molar-refractivity contribution is 7.31. The Balaban J connectivity index is 1.09. The topological polar surface area (TPSA) is 77.3 Å². The number of hydrogen-bond donors (Lipinski definition) is 0. The van der Waals surface area contributed by atoms with Gasteiger partial charge >= 0.3 is 0 Å². The van der Waals surface area contributed by atoms with E-state index in [0.717, 1.165) is 57.4 Å². The second kappa shape index (κ2) is 21.1. The summed E-state index contributed by atoms with van der Waals surface area (Å²) in [6.45, 7) is 9.22. The van der Waals surface area contributed by atoms with Crippen molar-refractivity contribution in [1.29, 1.82) is 0 Å². The average molecular weight is 966 g/mol. The van der Waals surface area contributed by atoms with Crippen molar-refractivity contribution in [3.05, 3.63) is 58.5 Å². The van der Waals surface area contributed by atoms with E-state index in [9.17, 15) is 0 Å². The molecule has 9 rings (SSSR count). The molecule has 1 aliphatic heterocycles. The predicted molar refractivity (Wildman–Crippen MR) is 281 cm³/mol. The summed E-state index contributed by atoms with van der Waals surface area (Å²) in [4.78, 5) is 21.3. The van der Waals surface area contributed by atoms with E-state index in [-0.39, 0.29) is 0 Å². The maximum absolute atomic E-state index is 5.27. The smallest absolute Gasteiger partial charge is 0.132 e. The number of fused-ring (bicyclic) bond motifs is 5. The third kappa shape index (κ3) is 9.36. The van der Waals surface area contributed by atoms with Crippen LogP contribution in [0.1, 0.15) is 140 Å². The van der Waals surface area contributed by atoms with Crippen LogP contribution in [0.2, 0.25) is 12.1 Å². The molecule has 0 aromatic carbocycles. The van der Waals surface area contributed by atoms with E-state index >= 15 is 0 Å². The monoisotopic (exact) mass is 964 g/mol. The SMILES string of the molecule is CCCCCCc1ccc(-c2cnc(-c3cc4c(s3)-c3sc(-c5ncc(-c6ccc(CCCCCC)s6)c6nsnc56)cc3[Si]4(CCCCCC)CCCCCC)c3nsnc23)s1. The van der Waals surface area contributed by atoms with Gasteiger partial charge < -0.3 is 0 Å². The molecule has 0 saturated heterocycles. The molecule has 8 aromatic rings. The number of nitrogens with zero attached hydrogens (tertiary/aromatic N) is 6. The van der Waals surface area contributed by atoms with Crippen LogP contribution in [-0.4, -0.2) is 35.5 Å². The maximum atomic E-state index is 5.27. The maximum Gasteiger partial charge on any atom is 0.132 e. The summed E-state index contributed by atoms with van der Waals surface area (Å²) in [7, 11) is -2.15. The number of rotatable bonds is 24. The summed E-state index contributed by atoms with van der Waals surface area (Å²) in [6, 6.07) is 16.9. The summed E-state index contributed by atoms with van der Waals surface area (Å²) in [6.07, 6.45) is 27.0. The van der Waals surface area contributed by atoms with Crippen molar-refractivity contribution in [3.8, 4) is 51.8 Å². The molecule has 0 unspecified atom stereocenters. The van der Waals surface area contributed by atoms with E-state index in [2.05, 4.69) is 76.5 Å². The quantitative estimate of drug-likeness (QED) is 0.0443. The van der Waals surface area contributed by atoms with Gasteiger partial charge in [0.1, 0.15) is 41.5 Å². The zero-order valence-corrected chi connectivity index (χ0v) is 43.3. The summed E-state index contributed by atoms with van der Waals surface area (Å²) in [5.74, 6) is 0. The normalized spacial score (nSPS) is 13.2. The van der Waals surface area contributed by atoms with Gasteiger partial charge in [0.2, 0.25) is 0 Å². The second-order valence-corrected chi connectivity index (χ2v) is 27.3. The second-order valence-electron chi connectivity index (χ2n) is 17.5. The molecule has 0 radical (unpaired) electrons. The van der Waals surface area contributed by atoms with Crippen LogP contribution < -0.4 is 10.4 Å². The van der Waals surface area contributed by atoms with Gasteiger partial charge in [0.15, 0.2) is 0 Å². The van der Waals surface area contributed by atoms with Crippen molar-refractivity contribution >= 4 is 109 Å². The van der Waals surface area contributed by atoms with Gasteiger partial charge in [-0.15, -0.1) is 45.3 Å². The Morgan fingerprint density at radius 2 is 0.841 bits per heavy atom. The molecule has 9 heterocycles. The lowest BCUT2D eigenvalue weighted by Gasteiger charge is -2.29. The predicted octanol–water partition coefficient (Wildman–Crippen LogP) is 16.3. The fourth-order valence-corrected chi connectivity index (χ4v) is 22.3. The van der Waals surface area contributed by atoms with Crippen molar-refractivity contribution < 1.29 is 0 Å². The number of hydrogen-bond acceptors (Lipinski definition) is 12. The lowest BCUT2D eigenvalue weighted by Crippen LogP contribution is -2.54. The molecule has 0 N–H and O–H groups in total. The minimum atomic E-state index is -2.15.